The third-order valence-corrected chi connectivity index (χ3v) is 5.13. The first-order valence-corrected chi connectivity index (χ1v) is 9.19. The van der Waals surface area contributed by atoms with Gasteiger partial charge in [-0.05, 0) is 55.3 Å². The van der Waals surface area contributed by atoms with Crippen molar-refractivity contribution < 1.29 is 17.9 Å². The van der Waals surface area contributed by atoms with Crippen molar-refractivity contribution in [2.24, 2.45) is 0 Å². The van der Waals surface area contributed by atoms with E-state index in [0.717, 1.165) is 39.9 Å². The van der Waals surface area contributed by atoms with Gasteiger partial charge in [-0.15, -0.1) is 0 Å². The number of fused-ring (bicyclic) bond motifs is 1. The van der Waals surface area contributed by atoms with Crippen molar-refractivity contribution in [1.29, 1.82) is 0 Å². The molecule has 0 saturated heterocycles. The zero-order valence-corrected chi connectivity index (χ0v) is 16.0. The van der Waals surface area contributed by atoms with Gasteiger partial charge < -0.3 is 9.30 Å². The van der Waals surface area contributed by atoms with Crippen LogP contribution in [0, 0.1) is 31.3 Å². The normalized spacial score (nSPS) is 11.2. The second-order valence-corrected chi connectivity index (χ2v) is 6.94. The number of aryl methyl sites for hydroxylation is 1. The molecule has 0 N–H and O–H groups in total. The highest BCUT2D eigenvalue weighted by atomic mass is 19.1. The van der Waals surface area contributed by atoms with E-state index in [1.165, 1.54) is 18.2 Å². The lowest BCUT2D eigenvalue weighted by molar-refractivity contribution is 0.286. The Hall–Kier alpha value is -3.28. The van der Waals surface area contributed by atoms with Crippen LogP contribution in [0.2, 0.25) is 0 Å². The van der Waals surface area contributed by atoms with E-state index in [4.69, 9.17) is 4.74 Å². The number of hydrogen-bond acceptors (Lipinski definition) is 2. The van der Waals surface area contributed by atoms with Crippen LogP contribution in [0.15, 0.2) is 54.7 Å². The van der Waals surface area contributed by atoms with E-state index in [0.29, 0.717) is 12.2 Å². The van der Waals surface area contributed by atoms with E-state index in [9.17, 15) is 13.2 Å². The van der Waals surface area contributed by atoms with Gasteiger partial charge in [0.2, 0.25) is 0 Å². The first-order valence-electron chi connectivity index (χ1n) is 9.19. The molecule has 2 aromatic heterocycles. The van der Waals surface area contributed by atoms with E-state index in [-0.39, 0.29) is 18.2 Å². The van der Waals surface area contributed by atoms with E-state index in [1.54, 1.807) is 18.3 Å². The SMILES string of the molecule is Cc1c(C)n(Cc2ccc(F)cc2)c2c(COc3ccc(F)cc3F)nccc12. The zero-order chi connectivity index (χ0) is 20.5. The second kappa shape index (κ2) is 7.62. The maximum absolute atomic E-state index is 13.9. The maximum atomic E-state index is 13.9. The number of benzene rings is 2. The van der Waals surface area contributed by atoms with Gasteiger partial charge in [0.15, 0.2) is 11.6 Å². The van der Waals surface area contributed by atoms with Crippen molar-refractivity contribution in [3.63, 3.8) is 0 Å². The van der Waals surface area contributed by atoms with Gasteiger partial charge in [-0.2, -0.15) is 0 Å². The Morgan fingerprint density at radius 3 is 2.38 bits per heavy atom. The smallest absolute Gasteiger partial charge is 0.167 e. The third kappa shape index (κ3) is 3.70. The summed E-state index contributed by atoms with van der Waals surface area (Å²) in [6, 6.07) is 11.5. The van der Waals surface area contributed by atoms with Crippen LogP contribution >= 0.6 is 0 Å². The molecule has 2 aromatic carbocycles. The molecule has 0 fully saturated rings. The van der Waals surface area contributed by atoms with Crippen molar-refractivity contribution in [3.8, 4) is 5.75 Å². The first kappa shape index (κ1) is 19.1. The van der Waals surface area contributed by atoms with Gasteiger partial charge in [0.05, 0.1) is 5.52 Å². The van der Waals surface area contributed by atoms with Gasteiger partial charge in [0.1, 0.15) is 23.9 Å². The molecule has 4 rings (SSSR count). The molecule has 0 radical (unpaired) electrons. The molecule has 0 spiro atoms. The van der Waals surface area contributed by atoms with Gasteiger partial charge in [-0.25, -0.2) is 13.2 Å². The molecule has 0 amide bonds. The van der Waals surface area contributed by atoms with E-state index in [2.05, 4.69) is 9.55 Å². The average Bonchev–Trinajstić information content (AvgIpc) is 2.94. The lowest BCUT2D eigenvalue weighted by Crippen LogP contribution is -2.07. The number of rotatable bonds is 5. The number of ether oxygens (including phenoxy) is 1. The molecule has 2 heterocycles. The summed E-state index contributed by atoms with van der Waals surface area (Å²) in [5.74, 6) is -1.73. The summed E-state index contributed by atoms with van der Waals surface area (Å²) in [5.41, 5.74) is 4.65. The number of aromatic nitrogens is 2. The highest BCUT2D eigenvalue weighted by molar-refractivity contribution is 5.87. The standard InChI is InChI=1S/C23H19F3N2O/c1-14-15(2)28(12-16-3-5-17(24)6-4-16)23-19(14)9-10-27-21(23)13-29-22-8-7-18(25)11-20(22)26/h3-11H,12-13H2,1-2H3. The van der Waals surface area contributed by atoms with Crippen LogP contribution in [0.4, 0.5) is 13.2 Å². The minimum Gasteiger partial charge on any atom is -0.484 e. The van der Waals surface area contributed by atoms with E-state index >= 15 is 0 Å². The van der Waals surface area contributed by atoms with E-state index < -0.39 is 11.6 Å². The highest BCUT2D eigenvalue weighted by Gasteiger charge is 2.16. The third-order valence-electron chi connectivity index (χ3n) is 5.13. The highest BCUT2D eigenvalue weighted by Crippen LogP contribution is 2.29. The van der Waals surface area contributed by atoms with Crippen molar-refractivity contribution in [2.45, 2.75) is 27.0 Å². The molecule has 29 heavy (non-hydrogen) atoms. The predicted octanol–water partition coefficient (Wildman–Crippen LogP) is 5.70. The predicted molar refractivity (Wildman–Crippen MR) is 105 cm³/mol. The molecule has 148 valence electrons. The largest absolute Gasteiger partial charge is 0.484 e. The van der Waals surface area contributed by atoms with Crippen LogP contribution in [0.3, 0.4) is 0 Å². The first-order chi connectivity index (χ1) is 13.9. The molecule has 3 nitrogen and oxygen atoms in total. The summed E-state index contributed by atoms with van der Waals surface area (Å²) in [4.78, 5) is 4.44. The Balaban J connectivity index is 1.72. The molecule has 6 heteroatoms. The number of nitrogens with zero attached hydrogens (tertiary/aromatic N) is 2. The van der Waals surface area contributed by atoms with Crippen LogP contribution in [0.25, 0.3) is 10.9 Å². The summed E-state index contributed by atoms with van der Waals surface area (Å²) >= 11 is 0. The molecular formula is C23H19F3N2O. The molecular weight excluding hydrogens is 377 g/mol. The maximum Gasteiger partial charge on any atom is 0.167 e. The Bertz CT molecular complexity index is 1180. The van der Waals surface area contributed by atoms with Gasteiger partial charge >= 0.3 is 0 Å². The second-order valence-electron chi connectivity index (χ2n) is 6.94. The summed E-state index contributed by atoms with van der Waals surface area (Å²) in [6.07, 6.45) is 1.69. The molecule has 0 aliphatic rings. The lowest BCUT2D eigenvalue weighted by Gasteiger charge is -2.12. The summed E-state index contributed by atoms with van der Waals surface area (Å²) in [7, 11) is 0. The Labute approximate surface area is 166 Å². The fourth-order valence-electron chi connectivity index (χ4n) is 3.48. The van der Waals surface area contributed by atoms with Crippen LogP contribution in [0.5, 0.6) is 5.75 Å². The van der Waals surface area contributed by atoms with Gasteiger partial charge in [-0.3, -0.25) is 4.98 Å². The fraction of sp³-hybridized carbons (Fsp3) is 0.174. The van der Waals surface area contributed by atoms with Crippen molar-refractivity contribution in [3.05, 3.63) is 94.7 Å². The minimum atomic E-state index is -0.758. The molecule has 0 aliphatic heterocycles. The van der Waals surface area contributed by atoms with Crippen LogP contribution < -0.4 is 4.74 Å². The Morgan fingerprint density at radius 2 is 1.66 bits per heavy atom. The summed E-state index contributed by atoms with van der Waals surface area (Å²) < 4.78 is 48.0. The quantitative estimate of drug-likeness (QED) is 0.433. The molecule has 0 unspecified atom stereocenters. The van der Waals surface area contributed by atoms with Gasteiger partial charge in [0.25, 0.3) is 0 Å². The van der Waals surface area contributed by atoms with E-state index in [1.807, 2.05) is 19.9 Å². The number of hydrogen-bond donors (Lipinski definition) is 0. The molecule has 0 saturated carbocycles. The summed E-state index contributed by atoms with van der Waals surface area (Å²) in [6.45, 7) is 4.62. The topological polar surface area (TPSA) is 27.1 Å². The van der Waals surface area contributed by atoms with Crippen LogP contribution in [-0.4, -0.2) is 9.55 Å². The number of pyridine rings is 1. The average molecular weight is 396 g/mol. The Kier molecular flexibility index (Phi) is 5.01. The van der Waals surface area contributed by atoms with Crippen molar-refractivity contribution in [1.82, 2.24) is 9.55 Å². The van der Waals surface area contributed by atoms with Crippen molar-refractivity contribution in [2.75, 3.05) is 0 Å². The van der Waals surface area contributed by atoms with Crippen LogP contribution in [0.1, 0.15) is 22.5 Å². The van der Waals surface area contributed by atoms with Crippen molar-refractivity contribution >= 4 is 10.9 Å². The van der Waals surface area contributed by atoms with Gasteiger partial charge in [-0.1, -0.05) is 12.1 Å². The fourth-order valence-corrected chi connectivity index (χ4v) is 3.48. The zero-order valence-electron chi connectivity index (χ0n) is 16.0. The molecule has 4 aromatic rings. The van der Waals surface area contributed by atoms with Gasteiger partial charge in [0, 0.05) is 29.9 Å². The lowest BCUT2D eigenvalue weighted by atomic mass is 10.2. The molecule has 0 aliphatic carbocycles. The number of halogens is 3. The van der Waals surface area contributed by atoms with Crippen LogP contribution in [-0.2, 0) is 13.2 Å². The Morgan fingerprint density at radius 1 is 0.931 bits per heavy atom. The monoisotopic (exact) mass is 396 g/mol. The molecule has 0 atom stereocenters. The summed E-state index contributed by atoms with van der Waals surface area (Å²) in [5, 5.41) is 1.03. The molecule has 0 bridgehead atoms. The minimum absolute atomic E-state index is 0.0321.